The number of hydrogen-bond acceptors (Lipinski definition) is 4. The number of rotatable bonds is 4. The molecule has 0 aliphatic carbocycles. The van der Waals surface area contributed by atoms with Crippen LogP contribution >= 0.6 is 15.9 Å². The van der Waals surface area contributed by atoms with Gasteiger partial charge in [-0.25, -0.2) is 12.8 Å². The Kier molecular flexibility index (Phi) is 4.40. The van der Waals surface area contributed by atoms with Gasteiger partial charge in [0, 0.05) is 6.07 Å². The molecule has 0 aliphatic rings. The summed E-state index contributed by atoms with van der Waals surface area (Å²) in [6, 6.07) is 3.83. The van der Waals surface area contributed by atoms with Crippen molar-refractivity contribution in [1.29, 1.82) is 0 Å². The number of anilines is 1. The number of sulfonamides is 1. The van der Waals surface area contributed by atoms with Gasteiger partial charge in [0.05, 0.1) is 10.2 Å². The first-order chi connectivity index (χ1) is 9.74. The highest BCUT2D eigenvalue weighted by atomic mass is 79.9. The van der Waals surface area contributed by atoms with Gasteiger partial charge >= 0.3 is 0 Å². The first-order valence-corrected chi connectivity index (χ1v) is 8.21. The second kappa shape index (κ2) is 5.78. The van der Waals surface area contributed by atoms with Crippen molar-refractivity contribution < 1.29 is 22.3 Å². The lowest BCUT2D eigenvalue weighted by molar-refractivity contribution is 0.245. The zero-order chi connectivity index (χ0) is 15.8. The molecule has 0 radical (unpaired) electrons. The Labute approximate surface area is 130 Å². The number of aliphatic hydroxyl groups is 1. The molecule has 0 fully saturated rings. The molecule has 0 atom stereocenters. The second-order valence-electron chi connectivity index (χ2n) is 4.48. The first kappa shape index (κ1) is 16.0. The molecule has 0 saturated heterocycles. The fourth-order valence-electron chi connectivity index (χ4n) is 1.82. The van der Waals surface area contributed by atoms with Crippen molar-refractivity contribution in [3.63, 3.8) is 0 Å². The number of halogens is 2. The minimum atomic E-state index is -3.88. The molecule has 2 aromatic rings. The maximum atomic E-state index is 13.4. The van der Waals surface area contributed by atoms with Gasteiger partial charge in [-0.3, -0.25) is 4.72 Å². The quantitative estimate of drug-likeness (QED) is 0.857. The first-order valence-electron chi connectivity index (χ1n) is 5.93. The van der Waals surface area contributed by atoms with Crippen molar-refractivity contribution in [2.45, 2.75) is 25.3 Å². The molecule has 2 N–H and O–H groups in total. The molecule has 0 spiro atoms. The molecule has 1 aromatic heterocycles. The van der Waals surface area contributed by atoms with E-state index in [9.17, 15) is 12.8 Å². The zero-order valence-electron chi connectivity index (χ0n) is 11.3. The van der Waals surface area contributed by atoms with Gasteiger partial charge in [-0.05, 0) is 47.5 Å². The van der Waals surface area contributed by atoms with E-state index >= 15 is 0 Å². The van der Waals surface area contributed by atoms with Crippen LogP contribution in [0.5, 0.6) is 0 Å². The van der Waals surface area contributed by atoms with Crippen molar-refractivity contribution >= 4 is 31.6 Å². The summed E-state index contributed by atoms with van der Waals surface area (Å²) in [4.78, 5) is -0.0635. The van der Waals surface area contributed by atoms with Crippen LogP contribution in [0.2, 0.25) is 0 Å². The molecule has 8 heteroatoms. The van der Waals surface area contributed by atoms with E-state index in [1.807, 2.05) is 0 Å². The van der Waals surface area contributed by atoms with Crippen LogP contribution in [0.25, 0.3) is 0 Å². The predicted octanol–water partition coefficient (Wildman–Crippen LogP) is 3.09. The van der Waals surface area contributed by atoms with E-state index in [2.05, 4.69) is 20.7 Å². The van der Waals surface area contributed by atoms with Crippen molar-refractivity contribution in [2.75, 3.05) is 4.72 Å². The minimum Gasteiger partial charge on any atom is -0.462 e. The van der Waals surface area contributed by atoms with E-state index in [0.717, 1.165) is 0 Å². The Morgan fingerprint density at radius 1 is 1.33 bits per heavy atom. The summed E-state index contributed by atoms with van der Waals surface area (Å²) in [5, 5.41) is 8.99. The smallest absolute Gasteiger partial charge is 0.265 e. The lowest BCUT2D eigenvalue weighted by Crippen LogP contribution is -2.14. The number of nitrogens with one attached hydrogen (secondary N) is 1. The van der Waals surface area contributed by atoms with Crippen molar-refractivity contribution in [1.82, 2.24) is 0 Å². The van der Waals surface area contributed by atoms with E-state index in [-0.39, 0.29) is 26.6 Å². The van der Waals surface area contributed by atoms with Crippen LogP contribution in [-0.2, 0) is 16.6 Å². The van der Waals surface area contributed by atoms with Crippen molar-refractivity contribution in [3.8, 4) is 0 Å². The standard InChI is InChI=1S/C13H13BrFNO4S/c1-7-3-11(15)10(14)5-12(7)16-21(18,19)13-4-9(6-17)20-8(13)2/h3-5,16-17H,6H2,1-2H3. The topological polar surface area (TPSA) is 79.5 Å². The summed E-state index contributed by atoms with van der Waals surface area (Å²) >= 11 is 3.01. The third-order valence-corrected chi connectivity index (χ3v) is 4.96. The van der Waals surface area contributed by atoms with Gasteiger partial charge in [0.2, 0.25) is 0 Å². The van der Waals surface area contributed by atoms with Gasteiger partial charge in [-0.15, -0.1) is 0 Å². The van der Waals surface area contributed by atoms with Crippen LogP contribution in [0, 0.1) is 19.7 Å². The molecule has 1 aromatic carbocycles. The van der Waals surface area contributed by atoms with Crippen LogP contribution in [0.15, 0.2) is 32.0 Å². The highest BCUT2D eigenvalue weighted by Crippen LogP contribution is 2.28. The molecule has 21 heavy (non-hydrogen) atoms. The monoisotopic (exact) mass is 377 g/mol. The summed E-state index contributed by atoms with van der Waals surface area (Å²) in [6.45, 7) is 2.69. The second-order valence-corrected chi connectivity index (χ2v) is 6.98. The molecule has 5 nitrogen and oxygen atoms in total. The van der Waals surface area contributed by atoms with Gasteiger partial charge in [0.15, 0.2) is 0 Å². The number of benzene rings is 1. The van der Waals surface area contributed by atoms with Crippen molar-refractivity contribution in [3.05, 3.63) is 45.6 Å². The molecule has 1 heterocycles. The Morgan fingerprint density at radius 2 is 2.00 bits per heavy atom. The minimum absolute atomic E-state index is 0.0635. The molecular formula is C13H13BrFNO4S. The summed E-state index contributed by atoms with van der Waals surface area (Å²) < 4.78 is 45.7. The fraction of sp³-hybridized carbons (Fsp3) is 0.231. The van der Waals surface area contributed by atoms with Gasteiger partial charge in [0.1, 0.15) is 28.8 Å². The Bertz CT molecular complexity index is 786. The maximum Gasteiger partial charge on any atom is 0.265 e. The van der Waals surface area contributed by atoms with Crippen LogP contribution in [0.3, 0.4) is 0 Å². The molecule has 0 aliphatic heterocycles. The van der Waals surface area contributed by atoms with E-state index in [4.69, 9.17) is 9.52 Å². The van der Waals surface area contributed by atoms with E-state index < -0.39 is 22.4 Å². The van der Waals surface area contributed by atoms with Crippen LogP contribution in [0.1, 0.15) is 17.1 Å². The lowest BCUT2D eigenvalue weighted by Gasteiger charge is -2.10. The third-order valence-electron chi connectivity index (χ3n) is 2.88. The number of aryl methyl sites for hydroxylation is 2. The van der Waals surface area contributed by atoms with E-state index in [1.54, 1.807) is 6.92 Å². The fourth-order valence-corrected chi connectivity index (χ4v) is 3.49. The summed E-state index contributed by atoms with van der Waals surface area (Å²) in [5.41, 5.74) is 0.706. The summed E-state index contributed by atoms with van der Waals surface area (Å²) in [7, 11) is -3.88. The molecule has 0 saturated carbocycles. The average Bonchev–Trinajstić information content (AvgIpc) is 2.78. The third kappa shape index (κ3) is 3.28. The zero-order valence-corrected chi connectivity index (χ0v) is 13.7. The van der Waals surface area contributed by atoms with Gasteiger partial charge in [-0.1, -0.05) is 0 Å². The van der Waals surface area contributed by atoms with Crippen LogP contribution in [-0.4, -0.2) is 13.5 Å². The van der Waals surface area contributed by atoms with Gasteiger partial charge < -0.3 is 9.52 Å². The van der Waals surface area contributed by atoms with Crippen LogP contribution < -0.4 is 4.72 Å². The Hall–Kier alpha value is -1.38. The molecule has 0 bridgehead atoms. The largest absolute Gasteiger partial charge is 0.462 e. The Balaban J connectivity index is 2.42. The highest BCUT2D eigenvalue weighted by molar-refractivity contribution is 9.10. The molecule has 2 rings (SSSR count). The average molecular weight is 378 g/mol. The van der Waals surface area contributed by atoms with E-state index in [1.165, 1.54) is 25.1 Å². The SMILES string of the molecule is Cc1cc(F)c(Br)cc1NS(=O)(=O)c1cc(CO)oc1C. The number of aliphatic hydroxyl groups excluding tert-OH is 1. The highest BCUT2D eigenvalue weighted by Gasteiger charge is 2.22. The van der Waals surface area contributed by atoms with E-state index in [0.29, 0.717) is 5.56 Å². The molecule has 114 valence electrons. The Morgan fingerprint density at radius 3 is 2.57 bits per heavy atom. The van der Waals surface area contributed by atoms with Crippen LogP contribution in [0.4, 0.5) is 10.1 Å². The van der Waals surface area contributed by atoms with Gasteiger partial charge in [0.25, 0.3) is 10.0 Å². The van der Waals surface area contributed by atoms with Gasteiger partial charge in [-0.2, -0.15) is 0 Å². The maximum absolute atomic E-state index is 13.4. The predicted molar refractivity (Wildman–Crippen MR) is 79.0 cm³/mol. The number of furan rings is 1. The summed E-state index contributed by atoms with van der Waals surface area (Å²) in [5.74, 6) is -0.146. The molecule has 0 amide bonds. The van der Waals surface area contributed by atoms with Crippen molar-refractivity contribution in [2.24, 2.45) is 0 Å². The molecular weight excluding hydrogens is 365 g/mol. The summed E-state index contributed by atoms with van der Waals surface area (Å²) in [6.07, 6.45) is 0. The lowest BCUT2D eigenvalue weighted by atomic mass is 10.2. The normalized spacial score (nSPS) is 11.7. The molecule has 0 unspecified atom stereocenters. The number of hydrogen-bond donors (Lipinski definition) is 2.